The molecule has 0 spiro atoms. The van der Waals surface area contributed by atoms with E-state index in [-0.39, 0.29) is 11.8 Å². The first-order valence-electron chi connectivity index (χ1n) is 10.3. The Morgan fingerprint density at radius 2 is 1.58 bits per heavy atom. The summed E-state index contributed by atoms with van der Waals surface area (Å²) in [7, 11) is 0. The number of nitrogens with zero attached hydrogens (tertiary/aromatic N) is 1. The van der Waals surface area contributed by atoms with E-state index in [0.29, 0.717) is 0 Å². The van der Waals surface area contributed by atoms with Gasteiger partial charge in [-0.2, -0.15) is 13.2 Å². The number of para-hydroxylation sites is 2. The van der Waals surface area contributed by atoms with Crippen molar-refractivity contribution in [2.24, 2.45) is 0 Å². The Bertz CT molecular complexity index is 924. The standard InChI is InChI=1S/C21H24N2O.C2HF3O2/c24-21(18-11-7-9-16-8-1-2-10-17(16)18)22-19-12-3-4-13-20(19)23-14-5-6-15-23;3-2(4,5)1(6)7/h1-4,8,10,12-13,18H,5-7,9,11,14-15H2,(H,22,24);(H,6,7)/t18-;/m1./s1. The minimum Gasteiger partial charge on any atom is -0.475 e. The van der Waals surface area contributed by atoms with Gasteiger partial charge in [-0.15, -0.1) is 0 Å². The van der Waals surface area contributed by atoms with E-state index in [1.165, 1.54) is 24.0 Å². The number of carboxylic acid groups (broad SMARTS) is 1. The molecule has 2 aliphatic rings. The number of fused-ring (bicyclic) bond motifs is 1. The Morgan fingerprint density at radius 3 is 2.26 bits per heavy atom. The van der Waals surface area contributed by atoms with Gasteiger partial charge in [0.2, 0.25) is 5.91 Å². The molecule has 166 valence electrons. The fourth-order valence-electron chi connectivity index (χ4n) is 4.06. The Hall–Kier alpha value is -3.03. The highest BCUT2D eigenvalue weighted by Crippen LogP contribution is 2.34. The molecule has 0 bridgehead atoms. The highest BCUT2D eigenvalue weighted by atomic mass is 19.4. The number of carboxylic acids is 1. The number of carbonyl (C=O) groups excluding carboxylic acids is 1. The molecule has 1 atom stereocenters. The number of benzene rings is 2. The maximum atomic E-state index is 13.0. The summed E-state index contributed by atoms with van der Waals surface area (Å²) in [4.78, 5) is 24.2. The molecule has 1 saturated heterocycles. The summed E-state index contributed by atoms with van der Waals surface area (Å²) in [6, 6.07) is 16.6. The van der Waals surface area contributed by atoms with Crippen LogP contribution in [0.1, 0.15) is 42.7 Å². The van der Waals surface area contributed by atoms with Crippen LogP contribution in [0, 0.1) is 0 Å². The normalized spacial score (nSPS) is 17.9. The minimum atomic E-state index is -5.08. The molecule has 1 heterocycles. The van der Waals surface area contributed by atoms with Crippen LogP contribution in [-0.2, 0) is 16.0 Å². The molecule has 0 saturated carbocycles. The van der Waals surface area contributed by atoms with Crippen molar-refractivity contribution >= 4 is 23.3 Å². The van der Waals surface area contributed by atoms with Gasteiger partial charge in [0, 0.05) is 13.1 Å². The molecule has 1 fully saturated rings. The van der Waals surface area contributed by atoms with Crippen LogP contribution in [0.4, 0.5) is 24.5 Å². The Kier molecular flexibility index (Phi) is 7.20. The molecule has 4 rings (SSSR count). The maximum absolute atomic E-state index is 13.0. The first-order valence-corrected chi connectivity index (χ1v) is 10.3. The van der Waals surface area contributed by atoms with E-state index in [1.54, 1.807) is 0 Å². The van der Waals surface area contributed by atoms with E-state index in [9.17, 15) is 18.0 Å². The summed E-state index contributed by atoms with van der Waals surface area (Å²) < 4.78 is 31.7. The van der Waals surface area contributed by atoms with Crippen molar-refractivity contribution in [3.63, 3.8) is 0 Å². The highest BCUT2D eigenvalue weighted by Gasteiger charge is 2.38. The average molecular weight is 434 g/mol. The zero-order valence-electron chi connectivity index (χ0n) is 17.0. The molecule has 0 aromatic heterocycles. The topological polar surface area (TPSA) is 69.6 Å². The molecule has 0 radical (unpaired) electrons. The van der Waals surface area contributed by atoms with Gasteiger partial charge in [0.05, 0.1) is 17.3 Å². The van der Waals surface area contributed by atoms with Crippen molar-refractivity contribution in [3.05, 3.63) is 59.7 Å². The molecular formula is C23H25F3N2O3. The summed E-state index contributed by atoms with van der Waals surface area (Å²) in [5.41, 5.74) is 4.65. The predicted molar refractivity (Wildman–Crippen MR) is 112 cm³/mol. The third-order valence-electron chi connectivity index (χ3n) is 5.54. The second-order valence-electron chi connectivity index (χ2n) is 7.65. The zero-order valence-corrected chi connectivity index (χ0v) is 17.0. The number of alkyl halides is 3. The SMILES string of the molecule is O=C(Nc1ccccc1N1CCCC1)[C@@H]1CCCc2ccccc21.O=C(O)C(F)(F)F. The largest absolute Gasteiger partial charge is 0.490 e. The molecule has 2 aromatic carbocycles. The lowest BCUT2D eigenvalue weighted by atomic mass is 9.82. The van der Waals surface area contributed by atoms with E-state index >= 15 is 0 Å². The summed E-state index contributed by atoms with van der Waals surface area (Å²) in [6.07, 6.45) is 0.498. The maximum Gasteiger partial charge on any atom is 0.490 e. The minimum absolute atomic E-state index is 0.0263. The zero-order chi connectivity index (χ0) is 22.4. The number of hydrogen-bond acceptors (Lipinski definition) is 3. The van der Waals surface area contributed by atoms with E-state index < -0.39 is 12.1 Å². The smallest absolute Gasteiger partial charge is 0.475 e. The van der Waals surface area contributed by atoms with Crippen LogP contribution >= 0.6 is 0 Å². The predicted octanol–water partition coefficient (Wildman–Crippen LogP) is 4.98. The monoisotopic (exact) mass is 434 g/mol. The van der Waals surface area contributed by atoms with Gasteiger partial charge in [0.25, 0.3) is 0 Å². The number of anilines is 2. The van der Waals surface area contributed by atoms with Crippen LogP contribution in [0.2, 0.25) is 0 Å². The van der Waals surface area contributed by atoms with E-state index in [2.05, 4.69) is 40.5 Å². The molecule has 2 aromatic rings. The van der Waals surface area contributed by atoms with E-state index in [4.69, 9.17) is 9.90 Å². The molecule has 2 N–H and O–H groups in total. The molecular weight excluding hydrogens is 409 g/mol. The number of rotatable bonds is 3. The number of nitrogens with one attached hydrogen (secondary N) is 1. The number of carbonyl (C=O) groups is 2. The van der Waals surface area contributed by atoms with Gasteiger partial charge in [0.1, 0.15) is 0 Å². The number of amides is 1. The third kappa shape index (κ3) is 5.77. The van der Waals surface area contributed by atoms with Crippen molar-refractivity contribution < 1.29 is 27.9 Å². The molecule has 0 unspecified atom stereocenters. The van der Waals surface area contributed by atoms with Crippen molar-refractivity contribution in [1.29, 1.82) is 0 Å². The van der Waals surface area contributed by atoms with Gasteiger partial charge in [-0.1, -0.05) is 36.4 Å². The summed E-state index contributed by atoms with van der Waals surface area (Å²) >= 11 is 0. The fraction of sp³-hybridized carbons (Fsp3) is 0.391. The number of aliphatic carboxylic acids is 1. The third-order valence-corrected chi connectivity index (χ3v) is 5.54. The average Bonchev–Trinajstić information content (AvgIpc) is 3.28. The lowest BCUT2D eigenvalue weighted by molar-refractivity contribution is -0.192. The van der Waals surface area contributed by atoms with Gasteiger partial charge < -0.3 is 15.3 Å². The molecule has 1 aliphatic carbocycles. The van der Waals surface area contributed by atoms with Crippen LogP contribution in [0.5, 0.6) is 0 Å². The Balaban J connectivity index is 0.000000339. The van der Waals surface area contributed by atoms with Gasteiger partial charge in [-0.3, -0.25) is 4.79 Å². The van der Waals surface area contributed by atoms with Crippen molar-refractivity contribution in [2.75, 3.05) is 23.3 Å². The second-order valence-corrected chi connectivity index (χ2v) is 7.65. The number of halogens is 3. The van der Waals surface area contributed by atoms with Crippen LogP contribution in [-0.4, -0.2) is 36.2 Å². The van der Waals surface area contributed by atoms with Crippen LogP contribution in [0.3, 0.4) is 0 Å². The Morgan fingerprint density at radius 1 is 0.968 bits per heavy atom. The van der Waals surface area contributed by atoms with Crippen molar-refractivity contribution in [3.8, 4) is 0 Å². The lowest BCUT2D eigenvalue weighted by Crippen LogP contribution is -2.26. The second kappa shape index (κ2) is 9.85. The fourth-order valence-corrected chi connectivity index (χ4v) is 4.06. The van der Waals surface area contributed by atoms with Crippen molar-refractivity contribution in [1.82, 2.24) is 0 Å². The van der Waals surface area contributed by atoms with Crippen LogP contribution in [0.15, 0.2) is 48.5 Å². The first-order chi connectivity index (χ1) is 14.8. The molecule has 1 aliphatic heterocycles. The molecule has 5 nitrogen and oxygen atoms in total. The number of aryl methyl sites for hydroxylation is 1. The van der Waals surface area contributed by atoms with Crippen LogP contribution in [0.25, 0.3) is 0 Å². The molecule has 1 amide bonds. The molecule has 31 heavy (non-hydrogen) atoms. The van der Waals surface area contributed by atoms with Crippen LogP contribution < -0.4 is 10.2 Å². The highest BCUT2D eigenvalue weighted by molar-refractivity contribution is 5.98. The summed E-state index contributed by atoms with van der Waals surface area (Å²) in [5, 5.41) is 10.3. The number of hydrogen-bond donors (Lipinski definition) is 2. The first kappa shape index (κ1) is 22.7. The summed E-state index contributed by atoms with van der Waals surface area (Å²) in [6.45, 7) is 2.16. The van der Waals surface area contributed by atoms with Gasteiger partial charge >= 0.3 is 12.1 Å². The van der Waals surface area contributed by atoms with Gasteiger partial charge in [0.15, 0.2) is 0 Å². The van der Waals surface area contributed by atoms with E-state index in [0.717, 1.165) is 43.7 Å². The van der Waals surface area contributed by atoms with Crippen molar-refractivity contribution in [2.45, 2.75) is 44.2 Å². The Labute approximate surface area is 178 Å². The molecule has 8 heteroatoms. The lowest BCUT2D eigenvalue weighted by Gasteiger charge is -2.26. The van der Waals surface area contributed by atoms with Gasteiger partial charge in [-0.05, 0) is 55.4 Å². The quantitative estimate of drug-likeness (QED) is 0.715. The van der Waals surface area contributed by atoms with E-state index in [1.807, 2.05) is 18.2 Å². The summed E-state index contributed by atoms with van der Waals surface area (Å²) in [5.74, 6) is -2.65. The van der Waals surface area contributed by atoms with Gasteiger partial charge in [-0.25, -0.2) is 4.79 Å².